The number of nitrogens with zero attached hydrogens (tertiary/aromatic N) is 2. The summed E-state index contributed by atoms with van der Waals surface area (Å²) in [6.45, 7) is 2.81. The van der Waals surface area contributed by atoms with Crippen molar-refractivity contribution in [2.75, 3.05) is 13.6 Å². The first kappa shape index (κ1) is 27.3. The molecule has 6 nitrogen and oxygen atoms in total. The Bertz CT molecular complexity index is 1290. The molecule has 0 bridgehead atoms. The Kier molecular flexibility index (Phi) is 8.67. The van der Waals surface area contributed by atoms with Crippen molar-refractivity contribution in [1.82, 2.24) is 9.80 Å². The fourth-order valence-corrected chi connectivity index (χ4v) is 5.18. The summed E-state index contributed by atoms with van der Waals surface area (Å²) in [5.41, 5.74) is 0.833. The van der Waals surface area contributed by atoms with E-state index in [4.69, 9.17) is 32.7 Å². The first-order valence-electron chi connectivity index (χ1n) is 11.8. The molecule has 0 saturated carbocycles. The lowest BCUT2D eigenvalue weighted by atomic mass is 9.97. The Hall–Kier alpha value is -2.74. The number of benzene rings is 3. The van der Waals surface area contributed by atoms with Gasteiger partial charge in [-0.1, -0.05) is 75.5 Å². The maximum atomic E-state index is 13.6. The van der Waals surface area contributed by atoms with Crippen LogP contribution >= 0.6 is 39.1 Å². The van der Waals surface area contributed by atoms with Crippen LogP contribution in [0.3, 0.4) is 0 Å². The Labute approximate surface area is 235 Å². The Morgan fingerprint density at radius 1 is 1.03 bits per heavy atom. The van der Waals surface area contributed by atoms with Crippen LogP contribution in [-0.2, 0) is 22.7 Å². The summed E-state index contributed by atoms with van der Waals surface area (Å²) >= 11 is 15.6. The molecule has 3 aromatic carbocycles. The number of hydrogen-bond acceptors (Lipinski definition) is 4. The SMILES string of the molecule is CN(Cc1ccc(Oc2ccc(Cl)c(Cl)c2)cc1Br)C(=O)C1(C)CCCN1C(=O)OCc1ccccc1. The number of halogens is 3. The average molecular weight is 606 g/mol. The molecule has 2 amide bonds. The summed E-state index contributed by atoms with van der Waals surface area (Å²) in [7, 11) is 1.74. The maximum Gasteiger partial charge on any atom is 0.410 e. The van der Waals surface area contributed by atoms with E-state index in [1.165, 1.54) is 0 Å². The number of rotatable bonds is 7. The van der Waals surface area contributed by atoms with Crippen molar-refractivity contribution >= 4 is 51.1 Å². The van der Waals surface area contributed by atoms with E-state index >= 15 is 0 Å². The second-order valence-corrected chi connectivity index (χ2v) is 10.8. The third-order valence-corrected chi connectivity index (χ3v) is 7.91. The number of likely N-dealkylation sites (tertiary alicyclic amines) is 1. The zero-order valence-electron chi connectivity index (χ0n) is 20.5. The highest BCUT2D eigenvalue weighted by Gasteiger charge is 2.47. The van der Waals surface area contributed by atoms with Gasteiger partial charge in [0.15, 0.2) is 0 Å². The minimum absolute atomic E-state index is 0.135. The van der Waals surface area contributed by atoms with Crippen molar-refractivity contribution in [3.63, 3.8) is 0 Å². The maximum absolute atomic E-state index is 13.6. The molecule has 1 saturated heterocycles. The largest absolute Gasteiger partial charge is 0.457 e. The summed E-state index contributed by atoms with van der Waals surface area (Å²) < 4.78 is 12.2. The quantitative estimate of drug-likeness (QED) is 0.277. The van der Waals surface area contributed by atoms with E-state index in [-0.39, 0.29) is 12.5 Å². The van der Waals surface area contributed by atoms with Gasteiger partial charge in [-0.05, 0) is 55.2 Å². The van der Waals surface area contributed by atoms with E-state index in [1.54, 1.807) is 35.0 Å². The van der Waals surface area contributed by atoms with Gasteiger partial charge in [0.2, 0.25) is 5.91 Å². The summed E-state index contributed by atoms with van der Waals surface area (Å²) in [5, 5.41) is 0.866. The number of hydrogen-bond donors (Lipinski definition) is 0. The smallest absolute Gasteiger partial charge is 0.410 e. The molecule has 0 aromatic heterocycles. The van der Waals surface area contributed by atoms with Crippen LogP contribution in [0.4, 0.5) is 4.79 Å². The van der Waals surface area contributed by atoms with E-state index in [1.807, 2.05) is 55.5 Å². The molecule has 3 aromatic rings. The zero-order valence-corrected chi connectivity index (χ0v) is 23.6. The van der Waals surface area contributed by atoms with Crippen molar-refractivity contribution in [2.24, 2.45) is 0 Å². The van der Waals surface area contributed by atoms with Gasteiger partial charge in [0.1, 0.15) is 23.6 Å². The van der Waals surface area contributed by atoms with Crippen LogP contribution in [0.15, 0.2) is 71.2 Å². The molecule has 9 heteroatoms. The van der Waals surface area contributed by atoms with Crippen molar-refractivity contribution in [3.8, 4) is 11.5 Å². The topological polar surface area (TPSA) is 59.1 Å². The lowest BCUT2D eigenvalue weighted by molar-refractivity contribution is -0.140. The van der Waals surface area contributed by atoms with Crippen LogP contribution < -0.4 is 4.74 Å². The summed E-state index contributed by atoms with van der Waals surface area (Å²) in [6.07, 6.45) is 0.838. The van der Waals surface area contributed by atoms with Gasteiger partial charge in [-0.15, -0.1) is 0 Å². The number of carbonyl (C=O) groups excluding carboxylic acids is 2. The minimum atomic E-state index is -0.966. The van der Waals surface area contributed by atoms with Crippen LogP contribution in [0, 0.1) is 0 Å². The molecule has 0 N–H and O–H groups in total. The van der Waals surface area contributed by atoms with Gasteiger partial charge in [0, 0.05) is 30.7 Å². The van der Waals surface area contributed by atoms with Gasteiger partial charge in [0.05, 0.1) is 10.0 Å². The molecule has 0 aliphatic carbocycles. The Balaban J connectivity index is 1.40. The first-order chi connectivity index (χ1) is 17.7. The van der Waals surface area contributed by atoms with Gasteiger partial charge in [-0.2, -0.15) is 0 Å². The predicted molar refractivity (Wildman–Crippen MR) is 148 cm³/mol. The predicted octanol–water partition coefficient (Wildman–Crippen LogP) is 7.70. The van der Waals surface area contributed by atoms with E-state index in [0.29, 0.717) is 41.1 Å². The summed E-state index contributed by atoms with van der Waals surface area (Å²) in [5.74, 6) is 1.04. The number of ether oxygens (including phenoxy) is 2. The molecule has 1 fully saturated rings. The minimum Gasteiger partial charge on any atom is -0.457 e. The highest BCUT2D eigenvalue weighted by molar-refractivity contribution is 9.10. The monoisotopic (exact) mass is 604 g/mol. The molecule has 1 unspecified atom stereocenters. The highest BCUT2D eigenvalue weighted by atomic mass is 79.9. The van der Waals surface area contributed by atoms with E-state index in [0.717, 1.165) is 22.0 Å². The normalized spacial score (nSPS) is 16.9. The second-order valence-electron chi connectivity index (χ2n) is 9.16. The number of likely N-dealkylation sites (N-methyl/N-ethyl adjacent to an activating group) is 1. The third-order valence-electron chi connectivity index (χ3n) is 6.43. The average Bonchev–Trinajstić information content (AvgIpc) is 3.29. The van der Waals surface area contributed by atoms with Crippen molar-refractivity contribution in [3.05, 3.63) is 92.4 Å². The summed E-state index contributed by atoms with van der Waals surface area (Å²) in [4.78, 5) is 29.6. The van der Waals surface area contributed by atoms with Crippen molar-refractivity contribution in [2.45, 2.75) is 38.5 Å². The molecular formula is C28H27BrCl2N2O4. The molecule has 1 aliphatic rings. The second kappa shape index (κ2) is 11.8. The van der Waals surface area contributed by atoms with Gasteiger partial charge in [-0.25, -0.2) is 4.79 Å². The van der Waals surface area contributed by atoms with Crippen LogP contribution in [0.2, 0.25) is 10.0 Å². The lowest BCUT2D eigenvalue weighted by Gasteiger charge is -2.36. The molecule has 1 atom stereocenters. The molecule has 0 radical (unpaired) electrons. The first-order valence-corrected chi connectivity index (χ1v) is 13.4. The van der Waals surface area contributed by atoms with Gasteiger partial charge >= 0.3 is 6.09 Å². The van der Waals surface area contributed by atoms with Crippen LogP contribution in [0.1, 0.15) is 30.9 Å². The molecule has 194 valence electrons. The van der Waals surface area contributed by atoms with E-state index in [2.05, 4.69) is 15.9 Å². The van der Waals surface area contributed by atoms with E-state index in [9.17, 15) is 9.59 Å². The van der Waals surface area contributed by atoms with Gasteiger partial charge < -0.3 is 14.4 Å². The zero-order chi connectivity index (χ0) is 26.6. The Morgan fingerprint density at radius 2 is 1.73 bits per heavy atom. The van der Waals surface area contributed by atoms with Crippen molar-refractivity contribution in [1.29, 1.82) is 0 Å². The van der Waals surface area contributed by atoms with Crippen molar-refractivity contribution < 1.29 is 19.1 Å². The van der Waals surface area contributed by atoms with Crippen LogP contribution in [0.5, 0.6) is 11.5 Å². The molecular weight excluding hydrogens is 579 g/mol. The fourth-order valence-electron chi connectivity index (χ4n) is 4.41. The molecule has 37 heavy (non-hydrogen) atoms. The molecule has 1 heterocycles. The van der Waals surface area contributed by atoms with Gasteiger partial charge in [0.25, 0.3) is 0 Å². The number of amides is 2. The summed E-state index contributed by atoms with van der Waals surface area (Å²) in [6, 6.07) is 20.1. The fraction of sp³-hybridized carbons (Fsp3) is 0.286. The van der Waals surface area contributed by atoms with Gasteiger partial charge in [-0.3, -0.25) is 9.69 Å². The molecule has 4 rings (SSSR count). The van der Waals surface area contributed by atoms with Crippen LogP contribution in [-0.4, -0.2) is 40.9 Å². The molecule has 0 spiro atoms. The Morgan fingerprint density at radius 3 is 2.43 bits per heavy atom. The van der Waals surface area contributed by atoms with Crippen LogP contribution in [0.25, 0.3) is 0 Å². The standard InChI is InChI=1S/C28H27BrCl2N2O4/c1-28(13-6-14-33(28)27(35)36-18-19-7-4-3-5-8-19)26(34)32(2)17-20-9-10-21(15-23(20)29)37-22-11-12-24(30)25(31)16-22/h3-5,7-12,15-16H,6,13-14,17-18H2,1-2H3. The van der Waals surface area contributed by atoms with E-state index < -0.39 is 11.6 Å². The third kappa shape index (κ3) is 6.40. The number of carbonyl (C=O) groups is 2. The molecule has 1 aliphatic heterocycles. The lowest BCUT2D eigenvalue weighted by Crippen LogP contribution is -2.55. The highest BCUT2D eigenvalue weighted by Crippen LogP contribution is 2.34.